The highest BCUT2D eigenvalue weighted by Gasteiger charge is 2.82. The van der Waals surface area contributed by atoms with Crippen LogP contribution in [0.25, 0.3) is 0 Å². The van der Waals surface area contributed by atoms with Gasteiger partial charge in [-0.25, -0.2) is 9.18 Å². The maximum absolute atomic E-state index is 13.1. The predicted octanol–water partition coefficient (Wildman–Crippen LogP) is 0.432. The fourth-order valence-corrected chi connectivity index (χ4v) is 7.50. The number of nitrogens with zero attached hydrogens (tertiary/aromatic N) is 1. The summed E-state index contributed by atoms with van der Waals surface area (Å²) in [5.74, 6) is -0.230. The van der Waals surface area contributed by atoms with Crippen LogP contribution in [-0.2, 0) is 15.6 Å². The third-order valence-electron chi connectivity index (χ3n) is 8.25. The Labute approximate surface area is 160 Å². The zero-order valence-corrected chi connectivity index (χ0v) is 15.3. The van der Waals surface area contributed by atoms with Crippen molar-refractivity contribution in [1.82, 2.24) is 15.5 Å². The van der Waals surface area contributed by atoms with Gasteiger partial charge in [0, 0.05) is 23.9 Å². The minimum Gasteiger partial charge on any atom is -0.508 e. The van der Waals surface area contributed by atoms with Crippen molar-refractivity contribution in [3.63, 3.8) is 0 Å². The largest absolute Gasteiger partial charge is 0.508 e. The molecule has 1 aromatic carbocycles. The molecule has 2 saturated heterocycles. The number of urea groups is 1. The van der Waals surface area contributed by atoms with Crippen LogP contribution >= 0.6 is 0 Å². The Hall–Kier alpha value is -2.19. The number of rotatable bonds is 2. The number of benzene rings is 1. The van der Waals surface area contributed by atoms with Gasteiger partial charge in [-0.05, 0) is 48.9 Å². The molecule has 1 aromatic rings. The molecule has 0 aromatic heterocycles. The van der Waals surface area contributed by atoms with Gasteiger partial charge in [-0.15, -0.1) is 0 Å². The predicted molar refractivity (Wildman–Crippen MR) is 95.6 cm³/mol. The molecule has 28 heavy (non-hydrogen) atoms. The number of halogens is 1. The van der Waals surface area contributed by atoms with E-state index in [2.05, 4.69) is 10.6 Å². The molecule has 2 heterocycles. The van der Waals surface area contributed by atoms with Crippen LogP contribution in [0, 0.1) is 0 Å². The van der Waals surface area contributed by atoms with E-state index >= 15 is 0 Å². The van der Waals surface area contributed by atoms with E-state index in [1.54, 1.807) is 12.1 Å². The number of carbonyl (C=O) groups is 2. The molecule has 5 aliphatic rings. The molecule has 4 N–H and O–H groups in total. The van der Waals surface area contributed by atoms with Gasteiger partial charge in [0.25, 0.3) is 5.91 Å². The van der Waals surface area contributed by atoms with Gasteiger partial charge in [0.05, 0.1) is 11.6 Å². The Morgan fingerprint density at radius 2 is 2.04 bits per heavy atom. The average Bonchev–Trinajstić information content (AvgIpc) is 3.12. The molecule has 3 amide bonds. The maximum Gasteiger partial charge on any atom is 0.322 e. The van der Waals surface area contributed by atoms with E-state index in [0.717, 1.165) is 11.1 Å². The highest BCUT2D eigenvalue weighted by molar-refractivity contribution is 6.07. The normalized spacial score (nSPS) is 45.3. The average molecular weight is 387 g/mol. The first-order valence-corrected chi connectivity index (χ1v) is 9.80. The van der Waals surface area contributed by atoms with Crippen LogP contribution in [-0.4, -0.2) is 64.0 Å². The highest BCUT2D eigenvalue weighted by atomic mass is 19.1. The molecule has 6 rings (SSSR count). The molecule has 2 bridgehead atoms. The van der Waals surface area contributed by atoms with Crippen LogP contribution in [0.3, 0.4) is 0 Å². The smallest absolute Gasteiger partial charge is 0.322 e. The summed E-state index contributed by atoms with van der Waals surface area (Å²) in [7, 11) is 0. The number of carbonyl (C=O) groups excluding carboxylic acids is 2. The molecule has 5 atom stereocenters. The van der Waals surface area contributed by atoms with Gasteiger partial charge in [-0.1, -0.05) is 6.07 Å². The second kappa shape index (κ2) is 4.68. The van der Waals surface area contributed by atoms with Crippen molar-refractivity contribution in [3.05, 3.63) is 29.3 Å². The van der Waals surface area contributed by atoms with Crippen LogP contribution in [0.15, 0.2) is 18.2 Å². The zero-order valence-electron chi connectivity index (χ0n) is 15.3. The monoisotopic (exact) mass is 387 g/mol. The molecule has 2 saturated carbocycles. The maximum atomic E-state index is 13.1. The van der Waals surface area contributed by atoms with Crippen LogP contribution in [0.4, 0.5) is 9.18 Å². The number of aromatic hydroxyl groups is 1. The van der Waals surface area contributed by atoms with Gasteiger partial charge in [0.2, 0.25) is 0 Å². The van der Waals surface area contributed by atoms with Crippen molar-refractivity contribution in [2.45, 2.75) is 53.7 Å². The number of likely N-dealkylation sites (tertiary alicyclic amines) is 1. The third-order valence-corrected chi connectivity index (χ3v) is 8.25. The Bertz CT molecular complexity index is 955. The number of phenolic OH excluding ortho intramolecular Hbond substituents is 1. The van der Waals surface area contributed by atoms with E-state index in [1.807, 2.05) is 11.0 Å². The molecule has 4 fully saturated rings. The molecule has 1 unspecified atom stereocenters. The molecular weight excluding hydrogens is 365 g/mol. The number of hydrogen-bond donors (Lipinski definition) is 4. The van der Waals surface area contributed by atoms with E-state index in [0.29, 0.717) is 25.8 Å². The topological polar surface area (TPSA) is 102 Å². The molecule has 7 nitrogen and oxygen atoms in total. The third kappa shape index (κ3) is 1.54. The molecule has 3 aliphatic carbocycles. The number of fused-ring (bicyclic) bond motifs is 2. The lowest BCUT2D eigenvalue weighted by molar-refractivity contribution is -0.159. The quantitative estimate of drug-likeness (QED) is 0.552. The summed E-state index contributed by atoms with van der Waals surface area (Å²) in [6.07, 6.45) is 1.61. The lowest BCUT2D eigenvalue weighted by Crippen LogP contribution is -2.76. The number of phenols is 1. The van der Waals surface area contributed by atoms with Gasteiger partial charge in [0.1, 0.15) is 18.0 Å². The van der Waals surface area contributed by atoms with Crippen LogP contribution < -0.4 is 10.6 Å². The standard InChI is InChI=1S/C20H22FN3O4/c21-5-6-24-10-17-8-18(13-7-11(25)1-2-12(13)17)9-19(15(26)22-16(27)23-19)3-4-20(18,28)14(17)24/h1-2,7,14,25,28H,3-6,8-10H2,(H2,22,23,26,27)/t14-,17?,18-,19+,20-/m1/s1. The lowest BCUT2D eigenvalue weighted by atomic mass is 9.52. The Kier molecular flexibility index (Phi) is 2.80. The molecule has 2 aliphatic heterocycles. The highest BCUT2D eigenvalue weighted by Crippen LogP contribution is 2.74. The van der Waals surface area contributed by atoms with Crippen molar-refractivity contribution >= 4 is 11.9 Å². The second-order valence-corrected chi connectivity index (χ2v) is 9.30. The molecular formula is C20H22FN3O4. The van der Waals surface area contributed by atoms with Crippen molar-refractivity contribution in [3.8, 4) is 5.75 Å². The Morgan fingerprint density at radius 3 is 2.75 bits per heavy atom. The number of nitrogens with one attached hydrogen (secondary N) is 2. The first-order valence-electron chi connectivity index (χ1n) is 9.80. The summed E-state index contributed by atoms with van der Waals surface area (Å²) in [5.41, 5.74) is -1.27. The molecule has 148 valence electrons. The summed E-state index contributed by atoms with van der Waals surface area (Å²) >= 11 is 0. The van der Waals surface area contributed by atoms with E-state index < -0.39 is 29.3 Å². The second-order valence-electron chi connectivity index (χ2n) is 9.30. The first-order chi connectivity index (χ1) is 13.3. The van der Waals surface area contributed by atoms with E-state index in [4.69, 9.17) is 0 Å². The fourth-order valence-electron chi connectivity index (χ4n) is 7.50. The van der Waals surface area contributed by atoms with Crippen LogP contribution in [0.5, 0.6) is 5.75 Å². The minimum absolute atomic E-state index is 0.121. The van der Waals surface area contributed by atoms with E-state index in [-0.39, 0.29) is 36.1 Å². The van der Waals surface area contributed by atoms with Gasteiger partial charge in [-0.2, -0.15) is 0 Å². The number of aliphatic hydroxyl groups is 1. The summed E-state index contributed by atoms with van der Waals surface area (Å²) in [6.45, 7) is 0.468. The van der Waals surface area contributed by atoms with Gasteiger partial charge in [-0.3, -0.25) is 15.0 Å². The van der Waals surface area contributed by atoms with Gasteiger partial charge >= 0.3 is 6.03 Å². The van der Waals surface area contributed by atoms with E-state index in [9.17, 15) is 24.2 Å². The fraction of sp³-hybridized carbons (Fsp3) is 0.600. The minimum atomic E-state index is -1.12. The van der Waals surface area contributed by atoms with Crippen molar-refractivity contribution in [2.24, 2.45) is 0 Å². The number of amides is 3. The van der Waals surface area contributed by atoms with Crippen molar-refractivity contribution in [2.75, 3.05) is 19.8 Å². The van der Waals surface area contributed by atoms with Crippen molar-refractivity contribution < 1.29 is 24.2 Å². The number of imide groups is 1. The summed E-state index contributed by atoms with van der Waals surface area (Å²) < 4.78 is 13.1. The molecule has 8 heteroatoms. The summed E-state index contributed by atoms with van der Waals surface area (Å²) in [5, 5.41) is 27.3. The van der Waals surface area contributed by atoms with Crippen LogP contribution in [0.2, 0.25) is 0 Å². The summed E-state index contributed by atoms with van der Waals surface area (Å²) in [4.78, 5) is 26.6. The Morgan fingerprint density at radius 1 is 1.21 bits per heavy atom. The number of hydrogen-bond acceptors (Lipinski definition) is 5. The zero-order chi connectivity index (χ0) is 19.5. The number of alkyl halides is 1. The first kappa shape index (κ1) is 16.7. The molecule has 0 radical (unpaired) electrons. The summed E-state index contributed by atoms with van der Waals surface area (Å²) in [6, 6.07) is 4.56. The van der Waals surface area contributed by atoms with Crippen molar-refractivity contribution in [1.29, 1.82) is 0 Å². The molecule has 3 spiro atoms. The van der Waals surface area contributed by atoms with Gasteiger partial charge in [0.15, 0.2) is 0 Å². The lowest BCUT2D eigenvalue weighted by Gasteiger charge is -2.63. The Balaban J connectivity index is 1.55. The SMILES string of the molecule is O=C1NC(=O)[C@@]2(CC[C@@]3(O)[C@@H]4N(CCF)CC45C[C@@]3(C2)c2cc(O)ccc25)N1. The van der Waals surface area contributed by atoms with Crippen LogP contribution in [0.1, 0.15) is 36.8 Å². The van der Waals surface area contributed by atoms with E-state index in [1.165, 1.54) is 0 Å². The van der Waals surface area contributed by atoms with Gasteiger partial charge < -0.3 is 15.5 Å².